The van der Waals surface area contributed by atoms with Crippen molar-refractivity contribution in [2.45, 2.75) is 39.5 Å². The van der Waals surface area contributed by atoms with E-state index >= 15 is 0 Å². The number of benzene rings is 1. The van der Waals surface area contributed by atoms with Gasteiger partial charge in [0.1, 0.15) is 5.58 Å². The molecule has 4 nitrogen and oxygen atoms in total. The molecule has 0 amide bonds. The maximum Gasteiger partial charge on any atom is 0.371 e. The summed E-state index contributed by atoms with van der Waals surface area (Å²) in [6.07, 6.45) is 4.63. The lowest BCUT2D eigenvalue weighted by atomic mass is 10.2. The van der Waals surface area contributed by atoms with E-state index in [0.717, 1.165) is 49.8 Å². The van der Waals surface area contributed by atoms with Gasteiger partial charge in [-0.1, -0.05) is 26.7 Å². The number of nitrogens with zero attached hydrogens (tertiary/aromatic N) is 1. The zero-order valence-corrected chi connectivity index (χ0v) is 12.8. The van der Waals surface area contributed by atoms with Crippen molar-refractivity contribution >= 4 is 22.6 Å². The van der Waals surface area contributed by atoms with Crippen molar-refractivity contribution in [1.82, 2.24) is 0 Å². The predicted octanol–water partition coefficient (Wildman–Crippen LogP) is 4.54. The minimum absolute atomic E-state index is 0.00387. The molecule has 21 heavy (non-hydrogen) atoms. The minimum Gasteiger partial charge on any atom is -0.475 e. The quantitative estimate of drug-likeness (QED) is 0.775. The highest BCUT2D eigenvalue weighted by molar-refractivity contribution is 5.92. The molecule has 0 saturated carbocycles. The topological polar surface area (TPSA) is 53.7 Å². The van der Waals surface area contributed by atoms with Crippen LogP contribution in [0.1, 0.15) is 50.1 Å². The summed E-state index contributed by atoms with van der Waals surface area (Å²) in [4.78, 5) is 13.3. The molecule has 1 heterocycles. The van der Waals surface area contributed by atoms with E-state index in [1.54, 1.807) is 6.07 Å². The number of hydrogen-bond acceptors (Lipinski definition) is 3. The summed E-state index contributed by atoms with van der Waals surface area (Å²) in [6.45, 7) is 6.42. The maximum atomic E-state index is 11.0. The Labute approximate surface area is 125 Å². The molecule has 114 valence electrons. The summed E-state index contributed by atoms with van der Waals surface area (Å²) in [6, 6.07) is 7.51. The Morgan fingerprint density at radius 3 is 2.38 bits per heavy atom. The van der Waals surface area contributed by atoms with Crippen molar-refractivity contribution in [2.75, 3.05) is 18.0 Å². The van der Waals surface area contributed by atoms with Crippen molar-refractivity contribution in [3.8, 4) is 0 Å². The molecule has 0 aliphatic heterocycles. The van der Waals surface area contributed by atoms with Gasteiger partial charge in [0.05, 0.1) is 0 Å². The van der Waals surface area contributed by atoms with Crippen molar-refractivity contribution < 1.29 is 14.3 Å². The minimum atomic E-state index is -1.03. The molecule has 0 aliphatic carbocycles. The summed E-state index contributed by atoms with van der Waals surface area (Å²) in [5, 5.41) is 9.83. The maximum absolute atomic E-state index is 11.0. The van der Waals surface area contributed by atoms with E-state index < -0.39 is 5.97 Å². The number of anilines is 1. The number of hydrogen-bond donors (Lipinski definition) is 1. The number of aromatic carboxylic acids is 1. The zero-order valence-electron chi connectivity index (χ0n) is 12.8. The van der Waals surface area contributed by atoms with Gasteiger partial charge in [0, 0.05) is 30.2 Å². The second kappa shape index (κ2) is 7.16. The number of unbranched alkanes of at least 4 members (excludes halogenated alkanes) is 2. The van der Waals surface area contributed by atoms with Crippen LogP contribution in [0.2, 0.25) is 0 Å². The van der Waals surface area contributed by atoms with Gasteiger partial charge < -0.3 is 14.4 Å². The summed E-state index contributed by atoms with van der Waals surface area (Å²) < 4.78 is 5.40. The van der Waals surface area contributed by atoms with Gasteiger partial charge >= 0.3 is 5.97 Å². The molecule has 0 radical (unpaired) electrons. The van der Waals surface area contributed by atoms with Crippen molar-refractivity contribution in [2.24, 2.45) is 0 Å². The molecule has 0 bridgehead atoms. The average molecular weight is 289 g/mol. The summed E-state index contributed by atoms with van der Waals surface area (Å²) in [7, 11) is 0. The van der Waals surface area contributed by atoms with E-state index in [0.29, 0.717) is 5.58 Å². The van der Waals surface area contributed by atoms with Gasteiger partial charge in [-0.2, -0.15) is 0 Å². The first kappa shape index (κ1) is 15.4. The zero-order chi connectivity index (χ0) is 15.2. The van der Waals surface area contributed by atoms with Gasteiger partial charge in [-0.15, -0.1) is 0 Å². The third-order valence-corrected chi connectivity index (χ3v) is 3.64. The second-order valence-electron chi connectivity index (χ2n) is 5.33. The molecule has 0 unspecified atom stereocenters. The average Bonchev–Trinajstić information content (AvgIpc) is 2.90. The number of carboxylic acids is 1. The van der Waals surface area contributed by atoms with E-state index in [-0.39, 0.29) is 5.76 Å². The Kier molecular flexibility index (Phi) is 5.26. The Morgan fingerprint density at radius 1 is 1.14 bits per heavy atom. The third kappa shape index (κ3) is 3.78. The lowest BCUT2D eigenvalue weighted by molar-refractivity contribution is 0.0665. The molecule has 0 atom stereocenters. The standard InChI is InChI=1S/C17H23NO3/c1-3-5-9-18(10-6-4-2)14-8-7-13-11-16(17(19)20)21-15(13)12-14/h7-8,11-12H,3-6,9-10H2,1-2H3,(H,19,20). The van der Waals surface area contributed by atoms with E-state index in [2.05, 4.69) is 24.8 Å². The van der Waals surface area contributed by atoms with Crippen LogP contribution in [0.3, 0.4) is 0 Å². The molecule has 0 aliphatic rings. The van der Waals surface area contributed by atoms with Crippen LogP contribution in [-0.4, -0.2) is 24.2 Å². The molecule has 2 aromatic rings. The Balaban J connectivity index is 2.26. The summed E-state index contributed by atoms with van der Waals surface area (Å²) >= 11 is 0. The molecular weight excluding hydrogens is 266 g/mol. The number of carbonyl (C=O) groups is 1. The van der Waals surface area contributed by atoms with Crippen LogP contribution in [0, 0.1) is 0 Å². The van der Waals surface area contributed by atoms with Crippen LogP contribution >= 0.6 is 0 Å². The van der Waals surface area contributed by atoms with E-state index in [9.17, 15) is 4.79 Å². The van der Waals surface area contributed by atoms with Gasteiger partial charge in [0.25, 0.3) is 0 Å². The molecule has 0 saturated heterocycles. The van der Waals surface area contributed by atoms with E-state index in [1.165, 1.54) is 0 Å². The van der Waals surface area contributed by atoms with Crippen molar-refractivity contribution in [3.63, 3.8) is 0 Å². The Bertz CT molecular complexity index is 595. The Morgan fingerprint density at radius 2 is 1.81 bits per heavy atom. The highest BCUT2D eigenvalue weighted by Crippen LogP contribution is 2.26. The van der Waals surface area contributed by atoms with Crippen LogP contribution in [0.25, 0.3) is 11.0 Å². The van der Waals surface area contributed by atoms with Gasteiger partial charge in [-0.05, 0) is 31.0 Å². The summed E-state index contributed by atoms with van der Waals surface area (Å²) in [5.41, 5.74) is 1.75. The molecular formula is C17H23NO3. The highest BCUT2D eigenvalue weighted by atomic mass is 16.4. The highest BCUT2D eigenvalue weighted by Gasteiger charge is 2.12. The number of fused-ring (bicyclic) bond motifs is 1. The van der Waals surface area contributed by atoms with Crippen molar-refractivity contribution in [3.05, 3.63) is 30.0 Å². The lowest BCUT2D eigenvalue weighted by Gasteiger charge is -2.24. The van der Waals surface area contributed by atoms with Crippen LogP contribution in [0.15, 0.2) is 28.7 Å². The van der Waals surface area contributed by atoms with Gasteiger partial charge in [0.2, 0.25) is 5.76 Å². The van der Waals surface area contributed by atoms with Crippen molar-refractivity contribution in [1.29, 1.82) is 0 Å². The molecule has 4 heteroatoms. The third-order valence-electron chi connectivity index (χ3n) is 3.64. The molecule has 2 rings (SSSR count). The number of carboxylic acid groups (broad SMARTS) is 1. The smallest absolute Gasteiger partial charge is 0.371 e. The van der Waals surface area contributed by atoms with Gasteiger partial charge in [-0.25, -0.2) is 4.79 Å². The number of rotatable bonds is 8. The van der Waals surface area contributed by atoms with Crippen LogP contribution < -0.4 is 4.90 Å². The normalized spacial score (nSPS) is 11.0. The monoisotopic (exact) mass is 289 g/mol. The first-order valence-electron chi connectivity index (χ1n) is 7.67. The van der Waals surface area contributed by atoms with Gasteiger partial charge in [0.15, 0.2) is 0 Å². The molecule has 0 fully saturated rings. The molecule has 1 aromatic heterocycles. The van der Waals surface area contributed by atoms with Crippen LogP contribution in [0.5, 0.6) is 0 Å². The predicted molar refractivity (Wildman–Crippen MR) is 85.2 cm³/mol. The van der Waals surface area contributed by atoms with E-state index in [4.69, 9.17) is 9.52 Å². The first-order valence-corrected chi connectivity index (χ1v) is 7.67. The molecule has 0 spiro atoms. The lowest BCUT2D eigenvalue weighted by Crippen LogP contribution is -2.25. The fraction of sp³-hybridized carbons (Fsp3) is 0.471. The summed E-state index contributed by atoms with van der Waals surface area (Å²) in [5.74, 6) is -1.03. The SMILES string of the molecule is CCCCN(CCCC)c1ccc2cc(C(=O)O)oc2c1. The molecule has 1 N–H and O–H groups in total. The molecule has 1 aromatic carbocycles. The number of furan rings is 1. The fourth-order valence-electron chi connectivity index (χ4n) is 2.39. The second-order valence-corrected chi connectivity index (χ2v) is 5.33. The first-order chi connectivity index (χ1) is 10.2. The Hall–Kier alpha value is -1.97. The van der Waals surface area contributed by atoms with Crippen LogP contribution in [-0.2, 0) is 0 Å². The van der Waals surface area contributed by atoms with Gasteiger partial charge in [-0.3, -0.25) is 0 Å². The van der Waals surface area contributed by atoms with Crippen LogP contribution in [0.4, 0.5) is 5.69 Å². The fourth-order valence-corrected chi connectivity index (χ4v) is 2.39. The largest absolute Gasteiger partial charge is 0.475 e. The van der Waals surface area contributed by atoms with E-state index in [1.807, 2.05) is 12.1 Å².